The van der Waals surface area contributed by atoms with Gasteiger partial charge >= 0.3 is 19.2 Å². The molecule has 0 fully saturated rings. The van der Waals surface area contributed by atoms with Crippen LogP contribution in [-0.4, -0.2) is 38.4 Å². The molecule has 6 heteroatoms. The summed E-state index contributed by atoms with van der Waals surface area (Å²) in [6.07, 6.45) is 0. The van der Waals surface area contributed by atoms with E-state index in [-0.39, 0.29) is 10.1 Å². The molecule has 0 saturated heterocycles. The Balaban J connectivity index is 0. The maximum atomic E-state index is 7.33. The van der Waals surface area contributed by atoms with Crippen LogP contribution in [0.5, 0.6) is 0 Å². The molecule has 4 N–H and O–H groups in total. The third kappa shape index (κ3) is 863. The summed E-state index contributed by atoms with van der Waals surface area (Å²) in [6, 6.07) is 0. The summed E-state index contributed by atoms with van der Waals surface area (Å²) in [4.78, 5) is 29.3. The van der Waals surface area contributed by atoms with Gasteiger partial charge in [0.1, 0.15) is 0 Å². The Morgan fingerprint density at radius 3 is 0.833 bits per heavy atom. The third-order valence-corrected chi connectivity index (χ3v) is 0. The summed E-state index contributed by atoms with van der Waals surface area (Å²) < 4.78 is 0. The van der Waals surface area contributed by atoms with Gasteiger partial charge in [-0.3, -0.25) is 0 Å². The molecule has 0 rings (SSSR count). The number of rotatable bonds is 0. The van der Waals surface area contributed by atoms with Crippen LogP contribution in [0.4, 0.5) is 0 Å². The van der Waals surface area contributed by atoms with Crippen molar-refractivity contribution in [1.82, 2.24) is 0 Å². The molecule has 0 aromatic carbocycles. The molecule has 32 valence electrons. The second kappa shape index (κ2) is 2.41. The van der Waals surface area contributed by atoms with Gasteiger partial charge in [-0.15, -0.1) is 0 Å². The fraction of sp³-hybridized carbons (Fsp3) is 0. The first-order valence-corrected chi connectivity index (χ1v) is 2.68. The van der Waals surface area contributed by atoms with E-state index in [9.17, 15) is 0 Å². The molecular formula is H4BeO4Si+2. The van der Waals surface area contributed by atoms with Gasteiger partial charge in [-0.25, -0.2) is 0 Å². The zero-order chi connectivity index (χ0) is 4.50. The first-order chi connectivity index (χ1) is 2.00. The van der Waals surface area contributed by atoms with Gasteiger partial charge in [-0.05, 0) is 0 Å². The second-order valence-corrected chi connectivity index (χ2v) is 1.80. The standard InChI is InChI=1S/Be.H4O4Si/c;1-5(2,3)4/h;1-4H/q+2;. The van der Waals surface area contributed by atoms with E-state index in [1.165, 1.54) is 0 Å². The molecule has 6 heavy (non-hydrogen) atoms. The Bertz CT molecular complexity index is 23.0. The molecule has 0 aromatic rings. The summed E-state index contributed by atoms with van der Waals surface area (Å²) in [5.74, 6) is 0. The average Bonchev–Trinajstić information content (AvgIpc) is 0.722. The van der Waals surface area contributed by atoms with Gasteiger partial charge in [0.25, 0.3) is 0 Å². The Kier molecular flexibility index (Phi) is 3.82. The van der Waals surface area contributed by atoms with Gasteiger partial charge in [0.2, 0.25) is 0 Å². The molecule has 0 heterocycles. The van der Waals surface area contributed by atoms with Crippen molar-refractivity contribution in [1.29, 1.82) is 0 Å². The van der Waals surface area contributed by atoms with E-state index in [2.05, 4.69) is 0 Å². The molecule has 0 aromatic heterocycles. The fourth-order valence-electron chi connectivity index (χ4n) is 0. The van der Waals surface area contributed by atoms with E-state index in [0.29, 0.717) is 0 Å². The molecular weight excluding hydrogens is 101 g/mol. The monoisotopic (exact) mass is 105 g/mol. The zero-order valence-corrected chi connectivity index (χ0v) is 4.00. The molecule has 0 spiro atoms. The van der Waals surface area contributed by atoms with Crippen LogP contribution in [0.25, 0.3) is 0 Å². The van der Waals surface area contributed by atoms with Crippen molar-refractivity contribution in [3.8, 4) is 0 Å². The quantitative estimate of drug-likeness (QED) is 0.248. The van der Waals surface area contributed by atoms with Gasteiger partial charge in [-0.1, -0.05) is 0 Å². The van der Waals surface area contributed by atoms with E-state index in [1.54, 1.807) is 0 Å². The topological polar surface area (TPSA) is 80.9 Å². The molecule has 0 saturated carbocycles. The summed E-state index contributed by atoms with van der Waals surface area (Å²) in [5.41, 5.74) is 0. The first-order valence-electron chi connectivity index (χ1n) is 0.894. The smallest absolute Gasteiger partial charge is 0.368 e. The SMILES string of the molecule is O[Si](O)(O)O.[Be+2]. The molecule has 0 aliphatic rings. The maximum absolute atomic E-state index is 7.33. The number of hydrogen-bond donors (Lipinski definition) is 4. The molecule has 0 atom stereocenters. The molecule has 0 radical (unpaired) electrons. The van der Waals surface area contributed by atoms with E-state index in [0.717, 1.165) is 0 Å². The normalized spacial score (nSPS) is 10.0. The van der Waals surface area contributed by atoms with Gasteiger partial charge in [0.05, 0.1) is 0 Å². The van der Waals surface area contributed by atoms with Crippen LogP contribution in [0.3, 0.4) is 0 Å². The molecule has 0 unspecified atom stereocenters. The Labute approximate surface area is 39.4 Å². The van der Waals surface area contributed by atoms with Crippen molar-refractivity contribution in [2.24, 2.45) is 0 Å². The maximum Gasteiger partial charge on any atom is 2.00 e. The van der Waals surface area contributed by atoms with Crippen molar-refractivity contribution in [3.05, 3.63) is 0 Å². The third-order valence-electron chi connectivity index (χ3n) is 0. The number of hydrogen-bond acceptors (Lipinski definition) is 4. The first kappa shape index (κ1) is 9.52. The molecule has 0 aliphatic carbocycles. The van der Waals surface area contributed by atoms with Gasteiger partial charge in [-0.2, -0.15) is 0 Å². The van der Waals surface area contributed by atoms with Crippen molar-refractivity contribution in [2.45, 2.75) is 0 Å². The van der Waals surface area contributed by atoms with Crippen LogP contribution < -0.4 is 0 Å². The second-order valence-electron chi connectivity index (χ2n) is 0.600. The van der Waals surface area contributed by atoms with Crippen molar-refractivity contribution >= 4 is 19.2 Å². The Morgan fingerprint density at radius 2 is 0.833 bits per heavy atom. The Hall–Kier alpha value is 0.226. The van der Waals surface area contributed by atoms with E-state index >= 15 is 0 Å². The Morgan fingerprint density at radius 1 is 0.833 bits per heavy atom. The molecule has 0 bridgehead atoms. The van der Waals surface area contributed by atoms with Crippen molar-refractivity contribution in [2.75, 3.05) is 0 Å². The summed E-state index contributed by atoms with van der Waals surface area (Å²) in [5, 5.41) is 0. The van der Waals surface area contributed by atoms with E-state index < -0.39 is 9.05 Å². The van der Waals surface area contributed by atoms with Crippen LogP contribution >= 0.6 is 0 Å². The van der Waals surface area contributed by atoms with Crippen LogP contribution in [0.2, 0.25) is 0 Å². The van der Waals surface area contributed by atoms with Gasteiger partial charge in [0.15, 0.2) is 0 Å². The minimum Gasteiger partial charge on any atom is -0.368 e. The summed E-state index contributed by atoms with van der Waals surface area (Å²) >= 11 is 0. The van der Waals surface area contributed by atoms with E-state index in [1.807, 2.05) is 0 Å². The van der Waals surface area contributed by atoms with Crippen molar-refractivity contribution < 1.29 is 19.2 Å². The molecule has 0 amide bonds. The van der Waals surface area contributed by atoms with Crippen molar-refractivity contribution in [3.63, 3.8) is 0 Å². The van der Waals surface area contributed by atoms with Crippen LogP contribution in [-0.2, 0) is 0 Å². The molecule has 4 nitrogen and oxygen atoms in total. The van der Waals surface area contributed by atoms with Gasteiger partial charge < -0.3 is 19.2 Å². The fourth-order valence-corrected chi connectivity index (χ4v) is 0. The zero-order valence-electron chi connectivity index (χ0n) is 3.00. The predicted octanol–water partition coefficient (Wildman–Crippen LogP) is -2.99. The van der Waals surface area contributed by atoms with Crippen LogP contribution in [0.1, 0.15) is 0 Å². The minimum absolute atomic E-state index is 0. The molecule has 0 aliphatic heterocycles. The van der Waals surface area contributed by atoms with Crippen LogP contribution in [0.15, 0.2) is 0 Å². The van der Waals surface area contributed by atoms with Gasteiger partial charge in [0, 0.05) is 0 Å². The minimum atomic E-state index is -4.61. The predicted molar refractivity (Wildman–Crippen MR) is 20.4 cm³/mol. The summed E-state index contributed by atoms with van der Waals surface area (Å²) in [7, 11) is -4.61. The van der Waals surface area contributed by atoms with E-state index in [4.69, 9.17) is 19.2 Å². The average molecular weight is 105 g/mol. The van der Waals surface area contributed by atoms with Crippen LogP contribution in [0, 0.1) is 0 Å². The summed E-state index contributed by atoms with van der Waals surface area (Å²) in [6.45, 7) is 0. The largest absolute Gasteiger partial charge is 2.00 e.